The van der Waals surface area contributed by atoms with E-state index in [0.717, 1.165) is 35.8 Å². The first-order valence-corrected chi connectivity index (χ1v) is 8.78. The molecule has 1 aliphatic rings. The van der Waals surface area contributed by atoms with Crippen LogP contribution in [-0.2, 0) is 14.3 Å². The smallest absolute Gasteiger partial charge is 0.331 e. The Morgan fingerprint density at radius 1 is 1.38 bits per heavy atom. The first-order valence-electron chi connectivity index (χ1n) is 7.99. The molecule has 1 atom stereocenters. The molecule has 1 aromatic rings. The van der Waals surface area contributed by atoms with Gasteiger partial charge < -0.3 is 14.4 Å². The quantitative estimate of drug-likeness (QED) is 0.566. The lowest BCUT2D eigenvalue weighted by Gasteiger charge is -2.33. The van der Waals surface area contributed by atoms with Gasteiger partial charge in [0, 0.05) is 28.7 Å². The van der Waals surface area contributed by atoms with Crippen LogP contribution in [0.25, 0.3) is 6.08 Å². The number of hydrogen-bond acceptors (Lipinski definition) is 4. The fourth-order valence-corrected chi connectivity index (χ4v) is 3.10. The van der Waals surface area contributed by atoms with Gasteiger partial charge in [-0.15, -0.1) is 0 Å². The topological polar surface area (TPSA) is 55.8 Å². The molecule has 0 aliphatic carbocycles. The summed E-state index contributed by atoms with van der Waals surface area (Å²) in [7, 11) is 1.57. The molecule has 0 unspecified atom stereocenters. The zero-order valence-corrected chi connectivity index (χ0v) is 15.5. The van der Waals surface area contributed by atoms with Crippen LogP contribution in [0.2, 0.25) is 0 Å². The minimum Gasteiger partial charge on any atom is -0.496 e. The van der Waals surface area contributed by atoms with E-state index in [1.54, 1.807) is 24.2 Å². The van der Waals surface area contributed by atoms with E-state index in [4.69, 9.17) is 9.47 Å². The van der Waals surface area contributed by atoms with Gasteiger partial charge in [0.25, 0.3) is 5.91 Å². The Morgan fingerprint density at radius 2 is 2.17 bits per heavy atom. The molecule has 0 N–H and O–H groups in total. The number of ether oxygens (including phenoxy) is 2. The van der Waals surface area contributed by atoms with Crippen LogP contribution < -0.4 is 4.74 Å². The van der Waals surface area contributed by atoms with Crippen molar-refractivity contribution < 1.29 is 19.1 Å². The van der Waals surface area contributed by atoms with Crippen LogP contribution in [0.1, 0.15) is 31.7 Å². The van der Waals surface area contributed by atoms with Crippen LogP contribution in [0, 0.1) is 0 Å². The Morgan fingerprint density at radius 3 is 2.88 bits per heavy atom. The summed E-state index contributed by atoms with van der Waals surface area (Å²) in [6, 6.07) is 5.71. The van der Waals surface area contributed by atoms with Crippen molar-refractivity contribution in [1.82, 2.24) is 4.90 Å². The summed E-state index contributed by atoms with van der Waals surface area (Å²) < 4.78 is 11.2. The number of benzene rings is 1. The summed E-state index contributed by atoms with van der Waals surface area (Å²) >= 11 is 3.38. The number of carbonyl (C=O) groups excluding carboxylic acids is 2. The van der Waals surface area contributed by atoms with Gasteiger partial charge in [0.15, 0.2) is 6.61 Å². The van der Waals surface area contributed by atoms with Crippen molar-refractivity contribution in [3.05, 3.63) is 34.3 Å². The van der Waals surface area contributed by atoms with Crippen molar-refractivity contribution in [2.45, 2.75) is 32.2 Å². The lowest BCUT2D eigenvalue weighted by molar-refractivity contribution is -0.149. The fraction of sp³-hybridized carbons (Fsp3) is 0.444. The average molecular weight is 396 g/mol. The van der Waals surface area contributed by atoms with Crippen molar-refractivity contribution in [3.63, 3.8) is 0 Å². The molecule has 1 saturated heterocycles. The van der Waals surface area contributed by atoms with Crippen LogP contribution in [0.5, 0.6) is 5.75 Å². The van der Waals surface area contributed by atoms with Gasteiger partial charge in [-0.2, -0.15) is 0 Å². The minimum atomic E-state index is -0.546. The normalized spacial score (nSPS) is 17.8. The zero-order valence-electron chi connectivity index (χ0n) is 14.0. The second-order valence-corrected chi connectivity index (χ2v) is 6.67. The number of nitrogens with zero attached hydrogens (tertiary/aromatic N) is 1. The number of piperidine rings is 1. The van der Waals surface area contributed by atoms with E-state index in [2.05, 4.69) is 15.9 Å². The molecule has 1 heterocycles. The number of esters is 1. The molecule has 6 heteroatoms. The van der Waals surface area contributed by atoms with Gasteiger partial charge in [0.1, 0.15) is 5.75 Å². The molecule has 1 amide bonds. The molecular weight excluding hydrogens is 374 g/mol. The highest BCUT2D eigenvalue weighted by molar-refractivity contribution is 9.10. The van der Waals surface area contributed by atoms with Crippen LogP contribution in [0.3, 0.4) is 0 Å². The molecule has 1 fully saturated rings. The Balaban J connectivity index is 1.89. The molecule has 1 aromatic carbocycles. The van der Waals surface area contributed by atoms with Gasteiger partial charge in [0.2, 0.25) is 0 Å². The summed E-state index contributed by atoms with van der Waals surface area (Å²) in [5.41, 5.74) is 0.750. The van der Waals surface area contributed by atoms with Crippen molar-refractivity contribution in [2.75, 3.05) is 20.3 Å². The molecule has 0 aromatic heterocycles. The minimum absolute atomic E-state index is 0.135. The largest absolute Gasteiger partial charge is 0.496 e. The second-order valence-electron chi connectivity index (χ2n) is 5.76. The van der Waals surface area contributed by atoms with Crippen molar-refractivity contribution in [3.8, 4) is 5.75 Å². The summed E-state index contributed by atoms with van der Waals surface area (Å²) in [6.45, 7) is 2.55. The molecule has 2 rings (SSSR count). The zero-order chi connectivity index (χ0) is 17.5. The molecule has 1 aliphatic heterocycles. The highest BCUT2D eigenvalue weighted by Crippen LogP contribution is 2.24. The summed E-state index contributed by atoms with van der Waals surface area (Å²) in [6.07, 6.45) is 6.06. The average Bonchev–Trinajstić information content (AvgIpc) is 2.58. The number of amides is 1. The first-order chi connectivity index (χ1) is 11.5. The molecule has 0 saturated carbocycles. The molecule has 24 heavy (non-hydrogen) atoms. The van der Waals surface area contributed by atoms with E-state index in [1.807, 2.05) is 19.1 Å². The van der Waals surface area contributed by atoms with Crippen LogP contribution in [0.4, 0.5) is 0 Å². The van der Waals surface area contributed by atoms with Crippen LogP contribution in [-0.4, -0.2) is 43.1 Å². The first kappa shape index (κ1) is 18.5. The Kier molecular flexibility index (Phi) is 6.85. The number of hydrogen-bond donors (Lipinski definition) is 0. The third kappa shape index (κ3) is 5.09. The fourth-order valence-electron chi connectivity index (χ4n) is 2.73. The van der Waals surface area contributed by atoms with Crippen molar-refractivity contribution in [1.29, 1.82) is 0 Å². The molecule has 0 bridgehead atoms. The second kappa shape index (κ2) is 8.87. The number of likely N-dealkylation sites (tertiary alicyclic amines) is 1. The van der Waals surface area contributed by atoms with E-state index < -0.39 is 5.97 Å². The van der Waals surface area contributed by atoms with Gasteiger partial charge in [-0.1, -0.05) is 15.9 Å². The molecule has 5 nitrogen and oxygen atoms in total. The highest BCUT2D eigenvalue weighted by atomic mass is 79.9. The number of carbonyl (C=O) groups is 2. The summed E-state index contributed by atoms with van der Waals surface area (Å²) in [4.78, 5) is 25.8. The molecule has 130 valence electrons. The Bertz CT molecular complexity index is 629. The van der Waals surface area contributed by atoms with Gasteiger partial charge in [0.05, 0.1) is 7.11 Å². The van der Waals surface area contributed by atoms with Crippen molar-refractivity contribution >= 4 is 33.9 Å². The maximum absolute atomic E-state index is 12.1. The van der Waals surface area contributed by atoms with Gasteiger partial charge in [-0.05, 0) is 50.5 Å². The Hall–Kier alpha value is -1.82. The number of methoxy groups -OCH3 is 1. The molecular formula is C18H22BrNO4. The summed E-state index contributed by atoms with van der Waals surface area (Å²) in [5, 5.41) is 0. The highest BCUT2D eigenvalue weighted by Gasteiger charge is 2.23. The molecule has 0 spiro atoms. The predicted molar refractivity (Wildman–Crippen MR) is 95.7 cm³/mol. The number of halogens is 1. The van der Waals surface area contributed by atoms with Gasteiger partial charge in [-0.25, -0.2) is 4.79 Å². The van der Waals surface area contributed by atoms with E-state index in [9.17, 15) is 9.59 Å². The SMILES string of the molecule is COc1ccc(Br)cc1/C=C/C(=O)OCC(=O)N1CCCC[C@H]1C. The van der Waals surface area contributed by atoms with E-state index in [-0.39, 0.29) is 18.6 Å². The standard InChI is InChI=1S/C18H22BrNO4/c1-13-5-3-4-10-20(13)17(21)12-24-18(22)9-6-14-11-15(19)7-8-16(14)23-2/h6-9,11,13H,3-5,10,12H2,1-2H3/b9-6+/t13-/m1/s1. The summed E-state index contributed by atoms with van der Waals surface area (Å²) in [5.74, 6) is -0.0282. The molecule has 0 radical (unpaired) electrons. The third-order valence-electron chi connectivity index (χ3n) is 4.05. The monoisotopic (exact) mass is 395 g/mol. The van der Waals surface area contributed by atoms with E-state index >= 15 is 0 Å². The van der Waals surface area contributed by atoms with E-state index in [0.29, 0.717) is 5.75 Å². The van der Waals surface area contributed by atoms with Crippen LogP contribution >= 0.6 is 15.9 Å². The lowest BCUT2D eigenvalue weighted by Crippen LogP contribution is -2.44. The van der Waals surface area contributed by atoms with Crippen LogP contribution in [0.15, 0.2) is 28.7 Å². The van der Waals surface area contributed by atoms with Gasteiger partial charge in [-0.3, -0.25) is 4.79 Å². The van der Waals surface area contributed by atoms with Gasteiger partial charge >= 0.3 is 5.97 Å². The number of rotatable bonds is 5. The van der Waals surface area contributed by atoms with E-state index in [1.165, 1.54) is 6.08 Å². The predicted octanol–water partition coefficient (Wildman–Crippen LogP) is 3.42. The third-order valence-corrected chi connectivity index (χ3v) is 4.55. The lowest BCUT2D eigenvalue weighted by atomic mass is 10.0. The maximum Gasteiger partial charge on any atom is 0.331 e. The Labute approximate surface area is 150 Å². The van der Waals surface area contributed by atoms with Crippen molar-refractivity contribution in [2.24, 2.45) is 0 Å². The maximum atomic E-state index is 12.1.